The van der Waals surface area contributed by atoms with Crippen molar-refractivity contribution in [2.75, 3.05) is 21.2 Å². The van der Waals surface area contributed by atoms with E-state index < -0.39 is 30.0 Å². The minimum absolute atomic E-state index is 0.0781. The van der Waals surface area contributed by atoms with Crippen molar-refractivity contribution < 1.29 is 29.1 Å². The number of benzene rings is 2. The molecule has 2 rings (SSSR count). The number of rotatable bonds is 10. The predicted molar refractivity (Wildman–Crippen MR) is 145 cm³/mol. The fourth-order valence-electron chi connectivity index (χ4n) is 4.30. The number of carbonyl (C=O) groups is 3. The molecule has 0 spiro atoms. The molecule has 3 amide bonds. The highest BCUT2D eigenvalue weighted by atomic mass is 16.6. The van der Waals surface area contributed by atoms with Crippen LogP contribution in [0.15, 0.2) is 48.5 Å². The minimum atomic E-state index is -0.935. The lowest BCUT2D eigenvalue weighted by molar-refractivity contribution is -0.147. The Morgan fingerprint density at radius 1 is 0.974 bits per heavy atom. The summed E-state index contributed by atoms with van der Waals surface area (Å²) >= 11 is 0. The van der Waals surface area contributed by atoms with E-state index in [1.54, 1.807) is 12.1 Å². The SMILES string of the molecule is CONC(=O)[C@H](Cc1ccc(O)c(C(C)(C)C)c1)N(C)C(=O)[C@H](C(C)C)N(C)C(=O)OCc1ccccc1. The summed E-state index contributed by atoms with van der Waals surface area (Å²) in [6.07, 6.45) is -0.464. The zero-order chi connectivity index (χ0) is 28.6. The van der Waals surface area contributed by atoms with Gasteiger partial charge < -0.3 is 14.7 Å². The zero-order valence-corrected chi connectivity index (χ0v) is 23.6. The average molecular weight is 528 g/mol. The van der Waals surface area contributed by atoms with Crippen molar-refractivity contribution in [2.45, 2.75) is 65.1 Å². The summed E-state index contributed by atoms with van der Waals surface area (Å²) in [6.45, 7) is 9.69. The van der Waals surface area contributed by atoms with Crippen LogP contribution in [0.3, 0.4) is 0 Å². The molecule has 38 heavy (non-hydrogen) atoms. The summed E-state index contributed by atoms with van der Waals surface area (Å²) < 4.78 is 5.44. The second-order valence-corrected chi connectivity index (χ2v) is 10.8. The van der Waals surface area contributed by atoms with Gasteiger partial charge in [0.15, 0.2) is 0 Å². The van der Waals surface area contributed by atoms with Crippen LogP contribution in [0.25, 0.3) is 0 Å². The maximum Gasteiger partial charge on any atom is 0.410 e. The number of nitrogens with one attached hydrogen (secondary N) is 1. The van der Waals surface area contributed by atoms with E-state index >= 15 is 0 Å². The summed E-state index contributed by atoms with van der Waals surface area (Å²) in [6, 6.07) is 12.6. The average Bonchev–Trinajstić information content (AvgIpc) is 2.86. The molecule has 0 aliphatic carbocycles. The van der Waals surface area contributed by atoms with Crippen LogP contribution >= 0.6 is 0 Å². The largest absolute Gasteiger partial charge is 0.508 e. The van der Waals surface area contributed by atoms with Crippen LogP contribution in [-0.4, -0.2) is 66.1 Å². The molecule has 2 atom stereocenters. The minimum Gasteiger partial charge on any atom is -0.508 e. The number of hydrogen-bond acceptors (Lipinski definition) is 6. The van der Waals surface area contributed by atoms with E-state index in [0.717, 1.165) is 16.7 Å². The Balaban J connectivity index is 2.29. The van der Waals surface area contributed by atoms with Crippen LogP contribution in [-0.2, 0) is 37.6 Å². The quantitative estimate of drug-likeness (QED) is 0.452. The molecule has 0 saturated carbocycles. The molecule has 0 aliphatic rings. The second kappa shape index (κ2) is 13.3. The molecule has 0 heterocycles. The van der Waals surface area contributed by atoms with Crippen molar-refractivity contribution in [1.82, 2.24) is 15.3 Å². The summed E-state index contributed by atoms with van der Waals surface area (Å²) in [5.41, 5.74) is 4.34. The lowest BCUT2D eigenvalue weighted by atomic mass is 9.84. The summed E-state index contributed by atoms with van der Waals surface area (Å²) in [7, 11) is 4.37. The number of likely N-dealkylation sites (N-methyl/N-ethyl adjacent to an activating group) is 2. The number of carbonyl (C=O) groups excluding carboxylic acids is 3. The standard InChI is InChI=1S/C29H41N3O6/c1-19(2)25(32(7)28(36)38-18-20-12-10-9-11-13-20)27(35)31(6)23(26(34)30-37-8)17-21-14-15-24(33)22(16-21)29(3,4)5/h9-16,19,23,25,33H,17-18H2,1-8H3,(H,30,34)/t23-,25-/m0/s1. The first-order valence-corrected chi connectivity index (χ1v) is 12.6. The Morgan fingerprint density at radius 2 is 1.61 bits per heavy atom. The molecular formula is C29H41N3O6. The first-order chi connectivity index (χ1) is 17.8. The molecule has 208 valence electrons. The van der Waals surface area contributed by atoms with Gasteiger partial charge in [-0.25, -0.2) is 10.3 Å². The van der Waals surface area contributed by atoms with E-state index in [-0.39, 0.29) is 30.1 Å². The highest BCUT2D eigenvalue weighted by Crippen LogP contribution is 2.31. The van der Waals surface area contributed by atoms with Gasteiger partial charge in [-0.1, -0.05) is 77.1 Å². The summed E-state index contributed by atoms with van der Waals surface area (Å²) in [4.78, 5) is 47.1. The number of ether oxygens (including phenoxy) is 1. The molecule has 0 aromatic heterocycles. The van der Waals surface area contributed by atoms with Crippen molar-refractivity contribution in [3.8, 4) is 5.75 Å². The Morgan fingerprint density at radius 3 is 2.16 bits per heavy atom. The number of aromatic hydroxyl groups is 1. The molecule has 0 radical (unpaired) electrons. The third-order valence-corrected chi connectivity index (χ3v) is 6.41. The van der Waals surface area contributed by atoms with Crippen molar-refractivity contribution in [1.29, 1.82) is 0 Å². The van der Waals surface area contributed by atoms with Gasteiger partial charge in [0.05, 0.1) is 7.11 Å². The first-order valence-electron chi connectivity index (χ1n) is 12.6. The third-order valence-electron chi connectivity index (χ3n) is 6.41. The van der Waals surface area contributed by atoms with Crippen LogP contribution < -0.4 is 5.48 Å². The number of phenolic OH excluding ortho intramolecular Hbond substituents is 1. The van der Waals surface area contributed by atoms with E-state index in [2.05, 4.69) is 5.48 Å². The van der Waals surface area contributed by atoms with Gasteiger partial charge in [-0.3, -0.25) is 19.3 Å². The Kier molecular flexibility index (Phi) is 10.7. The van der Waals surface area contributed by atoms with Crippen molar-refractivity contribution in [3.05, 3.63) is 65.2 Å². The predicted octanol–water partition coefficient (Wildman–Crippen LogP) is 4.03. The van der Waals surface area contributed by atoms with Gasteiger partial charge in [0.2, 0.25) is 5.91 Å². The molecule has 2 aromatic rings. The topological polar surface area (TPSA) is 108 Å². The molecule has 0 fully saturated rings. The van der Waals surface area contributed by atoms with Gasteiger partial charge in [0.25, 0.3) is 5.91 Å². The second-order valence-electron chi connectivity index (χ2n) is 10.8. The molecule has 0 bridgehead atoms. The van der Waals surface area contributed by atoms with Crippen LogP contribution in [0.5, 0.6) is 5.75 Å². The van der Waals surface area contributed by atoms with Gasteiger partial charge in [0, 0.05) is 20.5 Å². The van der Waals surface area contributed by atoms with Crippen LogP contribution in [0.1, 0.15) is 51.3 Å². The van der Waals surface area contributed by atoms with Gasteiger partial charge in [0.1, 0.15) is 24.4 Å². The van der Waals surface area contributed by atoms with Crippen LogP contribution in [0.2, 0.25) is 0 Å². The van der Waals surface area contributed by atoms with Crippen molar-refractivity contribution in [3.63, 3.8) is 0 Å². The van der Waals surface area contributed by atoms with Crippen molar-refractivity contribution in [2.24, 2.45) is 5.92 Å². The number of hydroxylamine groups is 1. The van der Waals surface area contributed by atoms with Gasteiger partial charge >= 0.3 is 6.09 Å². The number of phenols is 1. The molecule has 2 N–H and O–H groups in total. The molecule has 0 saturated heterocycles. The number of nitrogens with zero attached hydrogens (tertiary/aromatic N) is 2. The lowest BCUT2D eigenvalue weighted by Crippen LogP contribution is -2.56. The fourth-order valence-corrected chi connectivity index (χ4v) is 4.30. The van der Waals surface area contributed by atoms with Gasteiger partial charge in [-0.05, 0) is 34.1 Å². The van der Waals surface area contributed by atoms with Crippen LogP contribution in [0.4, 0.5) is 4.79 Å². The zero-order valence-electron chi connectivity index (χ0n) is 23.6. The molecule has 0 aliphatic heterocycles. The summed E-state index contributed by atoms with van der Waals surface area (Å²) in [5, 5.41) is 10.3. The summed E-state index contributed by atoms with van der Waals surface area (Å²) in [5.74, 6) is -1.01. The maximum absolute atomic E-state index is 13.7. The normalized spacial score (nSPS) is 13.0. The highest BCUT2D eigenvalue weighted by Gasteiger charge is 2.37. The molecule has 2 aromatic carbocycles. The lowest BCUT2D eigenvalue weighted by Gasteiger charge is -2.35. The Hall–Kier alpha value is -3.59. The van der Waals surface area contributed by atoms with Crippen LogP contribution in [0, 0.1) is 5.92 Å². The maximum atomic E-state index is 13.7. The number of hydrogen-bond donors (Lipinski definition) is 2. The Labute approximate surface area is 225 Å². The van der Waals surface area contributed by atoms with E-state index in [4.69, 9.17) is 9.57 Å². The monoisotopic (exact) mass is 527 g/mol. The first kappa shape index (κ1) is 30.6. The fraction of sp³-hybridized carbons (Fsp3) is 0.483. The van der Waals surface area contributed by atoms with E-state index in [1.165, 1.54) is 31.0 Å². The van der Waals surface area contributed by atoms with Crippen molar-refractivity contribution >= 4 is 17.9 Å². The molecular weight excluding hydrogens is 486 g/mol. The highest BCUT2D eigenvalue weighted by molar-refractivity contribution is 5.91. The molecule has 9 nitrogen and oxygen atoms in total. The number of amides is 3. The molecule has 0 unspecified atom stereocenters. The Bertz CT molecular complexity index is 1100. The van der Waals surface area contributed by atoms with Gasteiger partial charge in [-0.15, -0.1) is 0 Å². The molecule has 9 heteroatoms. The smallest absolute Gasteiger partial charge is 0.410 e. The third kappa shape index (κ3) is 7.95. The van der Waals surface area contributed by atoms with Gasteiger partial charge in [-0.2, -0.15) is 0 Å². The van der Waals surface area contributed by atoms with E-state index in [9.17, 15) is 19.5 Å². The van der Waals surface area contributed by atoms with E-state index in [0.29, 0.717) is 0 Å². The van der Waals surface area contributed by atoms with E-state index in [1.807, 2.05) is 71.0 Å².